The fourth-order valence-electron chi connectivity index (χ4n) is 7.83. The predicted octanol–water partition coefficient (Wildman–Crippen LogP) is 10.4. The van der Waals surface area contributed by atoms with Crippen LogP contribution in [0.5, 0.6) is 0 Å². The molecule has 3 N–H and O–H groups in total. The Hall–Kier alpha value is -5.02. The minimum Gasteiger partial charge on any atom is -0.392 e. The van der Waals surface area contributed by atoms with Gasteiger partial charge in [0, 0.05) is 12.0 Å². The van der Waals surface area contributed by atoms with E-state index in [1.807, 2.05) is 12.1 Å². The molecule has 8 rings (SSSR count). The highest BCUT2D eigenvalue weighted by Crippen LogP contribution is 2.52. The first-order valence-electron chi connectivity index (χ1n) is 15.7. The van der Waals surface area contributed by atoms with Gasteiger partial charge in [-0.05, 0) is 99.6 Å². The zero-order valence-electron chi connectivity index (χ0n) is 25.7. The summed E-state index contributed by atoms with van der Waals surface area (Å²) in [7, 11) is 0. The zero-order valence-corrected chi connectivity index (χ0v) is 25.7. The summed E-state index contributed by atoms with van der Waals surface area (Å²) in [4.78, 5) is 0. The largest absolute Gasteiger partial charge is 0.392 e. The van der Waals surface area contributed by atoms with Gasteiger partial charge in [0.25, 0.3) is 0 Å². The van der Waals surface area contributed by atoms with Crippen LogP contribution in [-0.4, -0.2) is 5.11 Å². The molecule has 0 aromatic heterocycles. The minimum atomic E-state index is -0.189. The second-order valence-corrected chi connectivity index (χ2v) is 12.7. The molecule has 218 valence electrons. The van der Waals surface area contributed by atoms with Gasteiger partial charge in [0.2, 0.25) is 0 Å². The molecule has 0 atom stereocenters. The van der Waals surface area contributed by atoms with E-state index in [2.05, 4.69) is 130 Å². The summed E-state index contributed by atoms with van der Waals surface area (Å²) in [5.74, 6) is 0. The standard InChI is InChI=1S/C43H35NO/c1-4-30-29(24-44)11-9-15-34(30)42-36-14-8-7-13-35(36)40(37-21-17-27-10-5-6-12-31(27)41(37)42)28-18-20-33-32-19-16-26(25-45)22-38(32)43(2,3)39(33)23-28/h4-23,45H,1,24-25,44H2,2-3H3. The van der Waals surface area contributed by atoms with Gasteiger partial charge in [0.05, 0.1) is 6.61 Å². The average molecular weight is 582 g/mol. The number of rotatable bonds is 5. The van der Waals surface area contributed by atoms with Gasteiger partial charge in [-0.1, -0.05) is 136 Å². The normalized spacial score (nSPS) is 13.3. The smallest absolute Gasteiger partial charge is 0.0681 e. The van der Waals surface area contributed by atoms with Crippen LogP contribution in [0.1, 0.15) is 41.7 Å². The van der Waals surface area contributed by atoms with Crippen LogP contribution in [0.4, 0.5) is 0 Å². The lowest BCUT2D eigenvalue weighted by Gasteiger charge is -2.24. The van der Waals surface area contributed by atoms with E-state index in [0.717, 1.165) is 22.3 Å². The molecule has 0 bridgehead atoms. The number of fused-ring (bicyclic) bond motifs is 7. The SMILES string of the molecule is C=Cc1c(CN)cccc1-c1c2ccccc2c(-c2ccc3c(c2)C(C)(C)c2cc(CO)ccc2-3)c2ccc3ccccc3c12. The maximum atomic E-state index is 9.88. The van der Waals surface area contributed by atoms with Gasteiger partial charge < -0.3 is 10.8 Å². The Balaban J connectivity index is 1.50. The van der Waals surface area contributed by atoms with Crippen molar-refractivity contribution in [3.05, 3.63) is 150 Å². The summed E-state index contributed by atoms with van der Waals surface area (Å²) in [6, 6.07) is 41.9. The topological polar surface area (TPSA) is 46.2 Å². The quantitative estimate of drug-likeness (QED) is 0.157. The second kappa shape index (κ2) is 10.3. The van der Waals surface area contributed by atoms with Crippen molar-refractivity contribution in [2.45, 2.75) is 32.4 Å². The fraction of sp³-hybridized carbons (Fsp3) is 0.116. The average Bonchev–Trinajstić information content (AvgIpc) is 3.31. The van der Waals surface area contributed by atoms with E-state index in [1.54, 1.807) is 0 Å². The van der Waals surface area contributed by atoms with Crippen LogP contribution in [0.25, 0.3) is 71.8 Å². The highest BCUT2D eigenvalue weighted by Gasteiger charge is 2.36. The van der Waals surface area contributed by atoms with Gasteiger partial charge in [-0.25, -0.2) is 0 Å². The summed E-state index contributed by atoms with van der Waals surface area (Å²) in [5.41, 5.74) is 19.1. The molecule has 45 heavy (non-hydrogen) atoms. The molecule has 7 aromatic rings. The second-order valence-electron chi connectivity index (χ2n) is 12.7. The number of aliphatic hydroxyl groups is 1. The molecular formula is C43H35NO. The number of benzene rings is 7. The van der Waals surface area contributed by atoms with Crippen LogP contribution in [0, 0.1) is 0 Å². The number of hydrogen-bond acceptors (Lipinski definition) is 2. The maximum Gasteiger partial charge on any atom is 0.0681 e. The highest BCUT2D eigenvalue weighted by atomic mass is 16.3. The summed E-state index contributed by atoms with van der Waals surface area (Å²) >= 11 is 0. The molecule has 7 aromatic carbocycles. The van der Waals surface area contributed by atoms with E-state index in [1.165, 1.54) is 71.3 Å². The Labute approximate surface area is 264 Å². The summed E-state index contributed by atoms with van der Waals surface area (Å²) in [6.07, 6.45) is 1.96. The molecule has 0 amide bonds. The van der Waals surface area contributed by atoms with Gasteiger partial charge >= 0.3 is 0 Å². The van der Waals surface area contributed by atoms with E-state index in [-0.39, 0.29) is 12.0 Å². The van der Waals surface area contributed by atoms with E-state index >= 15 is 0 Å². The van der Waals surface area contributed by atoms with Crippen molar-refractivity contribution in [3.8, 4) is 33.4 Å². The third-order valence-electron chi connectivity index (χ3n) is 10.0. The Bertz CT molecular complexity index is 2340. The first-order chi connectivity index (χ1) is 22.0. The molecule has 0 saturated heterocycles. The summed E-state index contributed by atoms with van der Waals surface area (Å²) < 4.78 is 0. The van der Waals surface area contributed by atoms with Crippen molar-refractivity contribution in [2.24, 2.45) is 5.73 Å². The molecule has 0 unspecified atom stereocenters. The number of nitrogens with two attached hydrogens (primary N) is 1. The fourth-order valence-corrected chi connectivity index (χ4v) is 7.83. The van der Waals surface area contributed by atoms with Gasteiger partial charge in [-0.3, -0.25) is 0 Å². The van der Waals surface area contributed by atoms with Crippen LogP contribution in [0.3, 0.4) is 0 Å². The van der Waals surface area contributed by atoms with Crippen molar-refractivity contribution < 1.29 is 5.11 Å². The van der Waals surface area contributed by atoms with E-state index in [0.29, 0.717) is 6.54 Å². The van der Waals surface area contributed by atoms with E-state index in [9.17, 15) is 5.11 Å². The molecule has 0 spiro atoms. The molecule has 2 nitrogen and oxygen atoms in total. The van der Waals surface area contributed by atoms with Gasteiger partial charge in [0.1, 0.15) is 0 Å². The Morgan fingerprint density at radius 1 is 0.667 bits per heavy atom. The Kier molecular flexibility index (Phi) is 6.28. The van der Waals surface area contributed by atoms with Crippen molar-refractivity contribution in [3.63, 3.8) is 0 Å². The molecule has 0 heterocycles. The molecule has 1 aliphatic rings. The Morgan fingerprint density at radius 2 is 1.36 bits per heavy atom. The molecule has 2 heteroatoms. The van der Waals surface area contributed by atoms with Crippen LogP contribution < -0.4 is 5.73 Å². The molecule has 1 aliphatic carbocycles. The monoisotopic (exact) mass is 581 g/mol. The highest BCUT2D eigenvalue weighted by molar-refractivity contribution is 6.28. The van der Waals surface area contributed by atoms with Crippen molar-refractivity contribution in [2.75, 3.05) is 0 Å². The summed E-state index contributed by atoms with van der Waals surface area (Å²) in [6.45, 7) is 9.33. The number of hydrogen-bond donors (Lipinski definition) is 2. The molecule has 0 saturated carbocycles. The zero-order chi connectivity index (χ0) is 30.9. The van der Waals surface area contributed by atoms with Gasteiger partial charge in [-0.15, -0.1) is 0 Å². The molecule has 0 fully saturated rings. The third kappa shape index (κ3) is 3.96. The van der Waals surface area contributed by atoms with Crippen molar-refractivity contribution >= 4 is 38.4 Å². The van der Waals surface area contributed by atoms with E-state index < -0.39 is 0 Å². The van der Waals surface area contributed by atoms with Crippen LogP contribution in [-0.2, 0) is 18.6 Å². The minimum absolute atomic E-state index is 0.0466. The van der Waals surface area contributed by atoms with Crippen molar-refractivity contribution in [1.82, 2.24) is 0 Å². The molecular weight excluding hydrogens is 546 g/mol. The first-order valence-corrected chi connectivity index (χ1v) is 15.7. The molecule has 0 radical (unpaired) electrons. The lowest BCUT2D eigenvalue weighted by molar-refractivity contribution is 0.281. The lowest BCUT2D eigenvalue weighted by atomic mass is 9.79. The van der Waals surface area contributed by atoms with Crippen LogP contribution in [0.2, 0.25) is 0 Å². The van der Waals surface area contributed by atoms with E-state index in [4.69, 9.17) is 5.73 Å². The summed E-state index contributed by atoms with van der Waals surface area (Å²) in [5, 5.41) is 17.2. The maximum absolute atomic E-state index is 9.88. The van der Waals surface area contributed by atoms with Gasteiger partial charge in [-0.2, -0.15) is 0 Å². The van der Waals surface area contributed by atoms with Crippen LogP contribution in [0.15, 0.2) is 122 Å². The third-order valence-corrected chi connectivity index (χ3v) is 10.0. The predicted molar refractivity (Wildman–Crippen MR) is 191 cm³/mol. The van der Waals surface area contributed by atoms with Crippen LogP contribution >= 0.6 is 0 Å². The van der Waals surface area contributed by atoms with Crippen molar-refractivity contribution in [1.29, 1.82) is 0 Å². The molecule has 0 aliphatic heterocycles. The number of aliphatic hydroxyl groups excluding tert-OH is 1. The van der Waals surface area contributed by atoms with Gasteiger partial charge in [0.15, 0.2) is 0 Å². The first kappa shape index (κ1) is 27.5. The lowest BCUT2D eigenvalue weighted by Crippen LogP contribution is -2.15. The Morgan fingerprint density at radius 3 is 2.09 bits per heavy atom.